The first-order valence-electron chi connectivity index (χ1n) is 9.00. The maximum atomic E-state index is 12.3. The Bertz CT molecular complexity index is 665. The number of urea groups is 1. The van der Waals surface area contributed by atoms with Crippen molar-refractivity contribution in [1.82, 2.24) is 10.2 Å². The van der Waals surface area contributed by atoms with Gasteiger partial charge in [-0.1, -0.05) is 12.1 Å². The first-order chi connectivity index (χ1) is 12.7. The number of furan rings is 1. The van der Waals surface area contributed by atoms with Gasteiger partial charge in [-0.15, -0.1) is 0 Å². The van der Waals surface area contributed by atoms with E-state index >= 15 is 0 Å². The Morgan fingerprint density at radius 3 is 2.69 bits per heavy atom. The summed E-state index contributed by atoms with van der Waals surface area (Å²) in [5.41, 5.74) is 1.07. The monoisotopic (exact) mass is 374 g/mol. The first-order valence-corrected chi connectivity index (χ1v) is 10.2. The Morgan fingerprint density at radius 1 is 1.27 bits per heavy atom. The fourth-order valence-corrected chi connectivity index (χ4v) is 4.21. The number of piperidine rings is 1. The number of nitrogens with zero attached hydrogens (tertiary/aromatic N) is 1. The topological polar surface area (TPSA) is 54.7 Å². The number of hydrogen-bond donors (Lipinski definition) is 1. The van der Waals surface area contributed by atoms with Crippen molar-refractivity contribution >= 4 is 17.8 Å². The summed E-state index contributed by atoms with van der Waals surface area (Å²) >= 11 is 1.91. The van der Waals surface area contributed by atoms with Gasteiger partial charge in [0.15, 0.2) is 0 Å². The number of likely N-dealkylation sites (tertiary alicyclic amines) is 1. The molecule has 0 atom stereocenters. The maximum absolute atomic E-state index is 12.3. The third-order valence-corrected chi connectivity index (χ3v) is 5.88. The van der Waals surface area contributed by atoms with Gasteiger partial charge in [0, 0.05) is 19.6 Å². The highest BCUT2D eigenvalue weighted by molar-refractivity contribution is 7.98. The highest BCUT2D eigenvalue weighted by atomic mass is 32.2. The molecule has 1 aromatic carbocycles. The summed E-state index contributed by atoms with van der Waals surface area (Å²) in [5, 5.41) is 3.01. The van der Waals surface area contributed by atoms with Crippen LogP contribution in [0.15, 0.2) is 47.1 Å². The molecule has 0 aliphatic carbocycles. The van der Waals surface area contributed by atoms with E-state index in [1.165, 1.54) is 0 Å². The van der Waals surface area contributed by atoms with Gasteiger partial charge in [0.05, 0.1) is 19.1 Å². The van der Waals surface area contributed by atoms with Crippen molar-refractivity contribution in [3.05, 3.63) is 54.0 Å². The summed E-state index contributed by atoms with van der Waals surface area (Å²) < 4.78 is 10.5. The molecule has 0 saturated carbocycles. The van der Waals surface area contributed by atoms with E-state index < -0.39 is 0 Å². The average Bonchev–Trinajstić information content (AvgIpc) is 3.20. The van der Waals surface area contributed by atoms with Crippen molar-refractivity contribution in [2.24, 2.45) is 5.92 Å². The average molecular weight is 375 g/mol. The minimum absolute atomic E-state index is 0.0301. The van der Waals surface area contributed by atoms with Gasteiger partial charge in [0.1, 0.15) is 11.5 Å². The molecule has 1 aromatic heterocycles. The fraction of sp³-hybridized carbons (Fsp3) is 0.450. The Morgan fingerprint density at radius 2 is 2.04 bits per heavy atom. The van der Waals surface area contributed by atoms with Crippen molar-refractivity contribution in [2.75, 3.05) is 26.0 Å². The van der Waals surface area contributed by atoms with Gasteiger partial charge in [0.2, 0.25) is 0 Å². The lowest BCUT2D eigenvalue weighted by molar-refractivity contribution is 0.174. The Labute approximate surface area is 159 Å². The quantitative estimate of drug-likeness (QED) is 0.791. The number of rotatable bonds is 7. The number of carbonyl (C=O) groups excluding carboxylic acids is 1. The van der Waals surface area contributed by atoms with Crippen molar-refractivity contribution in [3.63, 3.8) is 0 Å². The second kappa shape index (κ2) is 9.57. The normalized spacial score (nSPS) is 15.0. The molecule has 0 spiro atoms. The maximum Gasteiger partial charge on any atom is 0.317 e. The summed E-state index contributed by atoms with van der Waals surface area (Å²) in [4.78, 5) is 14.3. The summed E-state index contributed by atoms with van der Waals surface area (Å²) in [6.07, 6.45) is 3.86. The van der Waals surface area contributed by atoms with Crippen molar-refractivity contribution in [1.29, 1.82) is 0 Å². The molecule has 0 radical (unpaired) electrons. The summed E-state index contributed by atoms with van der Waals surface area (Å²) in [7, 11) is 1.65. The van der Waals surface area contributed by atoms with E-state index in [9.17, 15) is 4.79 Å². The van der Waals surface area contributed by atoms with Crippen LogP contribution in [0.4, 0.5) is 4.79 Å². The molecule has 2 amide bonds. The lowest BCUT2D eigenvalue weighted by atomic mass is 9.99. The molecule has 2 aromatic rings. The largest absolute Gasteiger partial charge is 0.497 e. The highest BCUT2D eigenvalue weighted by Gasteiger charge is 2.22. The minimum atomic E-state index is 0.0301. The van der Waals surface area contributed by atoms with Gasteiger partial charge in [-0.2, -0.15) is 11.8 Å². The standard InChI is InChI=1S/C20H26N2O3S/c1-24-18-6-4-16(5-7-18)13-21-20(23)22-10-8-17(9-11-22)14-26-15-19-3-2-12-25-19/h2-7,12,17H,8-11,13-15H2,1H3,(H,21,23). The molecule has 140 valence electrons. The highest BCUT2D eigenvalue weighted by Crippen LogP contribution is 2.24. The lowest BCUT2D eigenvalue weighted by Gasteiger charge is -2.31. The van der Waals surface area contributed by atoms with Gasteiger partial charge < -0.3 is 19.4 Å². The van der Waals surface area contributed by atoms with Crippen LogP contribution in [0.3, 0.4) is 0 Å². The molecule has 0 bridgehead atoms. The van der Waals surface area contributed by atoms with Crippen LogP contribution < -0.4 is 10.1 Å². The van der Waals surface area contributed by atoms with Gasteiger partial charge in [-0.3, -0.25) is 0 Å². The molecule has 0 unspecified atom stereocenters. The third-order valence-electron chi connectivity index (χ3n) is 4.68. The molecule has 26 heavy (non-hydrogen) atoms. The SMILES string of the molecule is COc1ccc(CNC(=O)N2CCC(CSCc3ccco3)CC2)cc1. The summed E-state index contributed by atoms with van der Waals surface area (Å²) in [5.74, 6) is 4.59. The lowest BCUT2D eigenvalue weighted by Crippen LogP contribution is -2.44. The van der Waals surface area contributed by atoms with Crippen molar-refractivity contribution in [2.45, 2.75) is 25.1 Å². The molecule has 2 heterocycles. The van der Waals surface area contributed by atoms with Crippen molar-refractivity contribution in [3.8, 4) is 5.75 Å². The van der Waals surface area contributed by atoms with Gasteiger partial charge in [-0.05, 0) is 54.3 Å². The van der Waals surface area contributed by atoms with Gasteiger partial charge >= 0.3 is 6.03 Å². The summed E-state index contributed by atoms with van der Waals surface area (Å²) in [6, 6.07) is 11.7. The number of hydrogen-bond acceptors (Lipinski definition) is 4. The number of methoxy groups -OCH3 is 1. The van der Waals surface area contributed by atoms with E-state index in [2.05, 4.69) is 5.32 Å². The van der Waals surface area contributed by atoms with Crippen LogP contribution in [0.5, 0.6) is 5.75 Å². The van der Waals surface area contributed by atoms with E-state index in [0.717, 1.165) is 54.5 Å². The molecule has 1 aliphatic heterocycles. The number of carbonyl (C=O) groups is 1. The van der Waals surface area contributed by atoms with Gasteiger partial charge in [0.25, 0.3) is 0 Å². The van der Waals surface area contributed by atoms with Gasteiger partial charge in [-0.25, -0.2) is 4.79 Å². The Balaban J connectivity index is 1.33. The number of nitrogens with one attached hydrogen (secondary N) is 1. The number of benzene rings is 1. The van der Waals surface area contributed by atoms with Crippen LogP contribution in [0.25, 0.3) is 0 Å². The number of amides is 2. The van der Waals surface area contributed by atoms with Crippen molar-refractivity contribution < 1.29 is 13.9 Å². The predicted molar refractivity (Wildman–Crippen MR) is 104 cm³/mol. The summed E-state index contributed by atoms with van der Waals surface area (Å²) in [6.45, 7) is 2.21. The first kappa shape index (κ1) is 18.7. The van der Waals surface area contributed by atoms with Crippen LogP contribution >= 0.6 is 11.8 Å². The van der Waals surface area contributed by atoms with E-state index in [0.29, 0.717) is 12.5 Å². The molecule has 1 fully saturated rings. The molecule has 1 aliphatic rings. The molecular formula is C20H26N2O3S. The van der Waals surface area contributed by atoms with Crippen LogP contribution in [0, 0.1) is 5.92 Å². The van der Waals surface area contributed by atoms with Crippen LogP contribution in [0.2, 0.25) is 0 Å². The molecule has 1 N–H and O–H groups in total. The molecule has 1 saturated heterocycles. The number of ether oxygens (including phenoxy) is 1. The Hall–Kier alpha value is -2.08. The van der Waals surface area contributed by atoms with Crippen LogP contribution in [-0.2, 0) is 12.3 Å². The molecule has 6 heteroatoms. The molecule has 3 rings (SSSR count). The Kier molecular flexibility index (Phi) is 6.89. The van der Waals surface area contributed by atoms with Crippen LogP contribution in [-0.4, -0.2) is 36.9 Å². The second-order valence-electron chi connectivity index (χ2n) is 6.53. The zero-order valence-electron chi connectivity index (χ0n) is 15.1. The fourth-order valence-electron chi connectivity index (χ4n) is 3.06. The predicted octanol–water partition coefficient (Wildman–Crippen LogP) is 4.14. The molecular weight excluding hydrogens is 348 g/mol. The minimum Gasteiger partial charge on any atom is -0.497 e. The van der Waals surface area contributed by atoms with E-state index in [1.807, 2.05) is 53.1 Å². The number of thioether (sulfide) groups is 1. The van der Waals surface area contributed by atoms with E-state index in [1.54, 1.807) is 13.4 Å². The van der Waals surface area contributed by atoms with E-state index in [4.69, 9.17) is 9.15 Å². The van der Waals surface area contributed by atoms with Crippen LogP contribution in [0.1, 0.15) is 24.2 Å². The zero-order valence-corrected chi connectivity index (χ0v) is 16.0. The smallest absolute Gasteiger partial charge is 0.317 e. The van der Waals surface area contributed by atoms with E-state index in [-0.39, 0.29) is 6.03 Å². The zero-order chi connectivity index (χ0) is 18.2. The third kappa shape index (κ3) is 5.46. The second-order valence-corrected chi connectivity index (χ2v) is 7.56. The molecule has 5 nitrogen and oxygen atoms in total.